The van der Waals surface area contributed by atoms with Crippen molar-refractivity contribution in [2.75, 3.05) is 6.67 Å². The number of hydrogen-bond acceptors (Lipinski definition) is 0. The zero-order chi connectivity index (χ0) is 8.32. The van der Waals surface area contributed by atoms with Crippen molar-refractivity contribution in [3.8, 4) is 0 Å². The first-order valence-electron chi connectivity index (χ1n) is 3.07. The maximum Gasteiger partial charge on any atom is 0.301 e. The summed E-state index contributed by atoms with van der Waals surface area (Å²) in [5, 5.41) is 0. The van der Waals surface area contributed by atoms with Crippen LogP contribution in [0.3, 0.4) is 0 Å². The predicted octanol–water partition coefficient (Wildman–Crippen LogP) is 2.55. The molecule has 0 bridgehead atoms. The van der Waals surface area contributed by atoms with Gasteiger partial charge in [-0.2, -0.15) is 8.78 Å². The summed E-state index contributed by atoms with van der Waals surface area (Å²) in [6.07, 6.45) is 0. The molecule has 59 valence electrons. The zero-order valence-corrected chi connectivity index (χ0v) is 5.65. The Labute approximate surface area is 62.7 Å². The van der Waals surface area contributed by atoms with E-state index >= 15 is 0 Å². The fraction of sp³-hybridized carbons (Fsp3) is 0.250. The van der Waals surface area contributed by atoms with Gasteiger partial charge in [0.1, 0.15) is 0 Å². The maximum absolute atomic E-state index is 12.5. The van der Waals surface area contributed by atoms with Gasteiger partial charge in [-0.1, -0.05) is 24.3 Å². The van der Waals surface area contributed by atoms with E-state index in [1.807, 2.05) is 0 Å². The predicted molar refractivity (Wildman–Crippen MR) is 35.1 cm³/mol. The first-order valence-corrected chi connectivity index (χ1v) is 3.07. The monoisotopic (exact) mass is 159 g/mol. The van der Waals surface area contributed by atoms with Crippen LogP contribution in [0, 0.1) is 6.07 Å². The van der Waals surface area contributed by atoms with E-state index in [1.54, 1.807) is 0 Å². The average Bonchev–Trinajstić information content (AvgIpc) is 2.06. The van der Waals surface area contributed by atoms with E-state index in [9.17, 15) is 13.2 Å². The van der Waals surface area contributed by atoms with Crippen molar-refractivity contribution < 1.29 is 13.2 Å². The van der Waals surface area contributed by atoms with Gasteiger partial charge in [0, 0.05) is 5.56 Å². The minimum absolute atomic E-state index is 0.307. The molecule has 0 aliphatic heterocycles. The van der Waals surface area contributed by atoms with Crippen molar-refractivity contribution in [2.45, 2.75) is 5.92 Å². The van der Waals surface area contributed by atoms with E-state index in [-0.39, 0.29) is 5.56 Å². The zero-order valence-electron chi connectivity index (χ0n) is 5.65. The molecule has 0 unspecified atom stereocenters. The van der Waals surface area contributed by atoms with Crippen molar-refractivity contribution >= 4 is 0 Å². The molecular weight excluding hydrogens is 153 g/mol. The lowest BCUT2D eigenvalue weighted by molar-refractivity contribution is -0.0280. The Bertz CT molecular complexity index is 218. The van der Waals surface area contributed by atoms with E-state index in [1.165, 1.54) is 12.1 Å². The van der Waals surface area contributed by atoms with Gasteiger partial charge in [0.15, 0.2) is 6.67 Å². The smallest absolute Gasteiger partial charge is 0.244 e. The minimum atomic E-state index is -3.35. The van der Waals surface area contributed by atoms with Gasteiger partial charge >= 0.3 is 5.92 Å². The molecule has 0 spiro atoms. The van der Waals surface area contributed by atoms with Crippen LogP contribution in [-0.4, -0.2) is 6.67 Å². The number of halogens is 3. The molecule has 1 rings (SSSR count). The lowest BCUT2D eigenvalue weighted by Gasteiger charge is -2.10. The minimum Gasteiger partial charge on any atom is -0.244 e. The van der Waals surface area contributed by atoms with Crippen molar-refractivity contribution in [1.29, 1.82) is 0 Å². The third-order valence-corrected chi connectivity index (χ3v) is 1.31. The van der Waals surface area contributed by atoms with E-state index in [4.69, 9.17) is 0 Å². The Morgan fingerprint density at radius 2 is 1.82 bits per heavy atom. The second-order valence-electron chi connectivity index (χ2n) is 2.13. The van der Waals surface area contributed by atoms with Crippen molar-refractivity contribution in [3.63, 3.8) is 0 Å². The maximum atomic E-state index is 12.5. The fourth-order valence-corrected chi connectivity index (χ4v) is 0.708. The van der Waals surface area contributed by atoms with Gasteiger partial charge in [-0.25, -0.2) is 4.39 Å². The lowest BCUT2D eigenvalue weighted by Crippen LogP contribution is -2.15. The summed E-state index contributed by atoms with van der Waals surface area (Å²) in [4.78, 5) is 0. The Balaban J connectivity index is 2.93. The van der Waals surface area contributed by atoms with Crippen LogP contribution in [0.25, 0.3) is 0 Å². The van der Waals surface area contributed by atoms with Gasteiger partial charge in [0.2, 0.25) is 0 Å². The Morgan fingerprint density at radius 3 is 2.27 bits per heavy atom. The molecule has 0 heterocycles. The molecule has 1 aromatic carbocycles. The molecule has 11 heavy (non-hydrogen) atoms. The summed E-state index contributed by atoms with van der Waals surface area (Å²) in [6, 6.07) is 7.54. The second kappa shape index (κ2) is 2.95. The molecule has 0 fully saturated rings. The summed E-state index contributed by atoms with van der Waals surface area (Å²) in [6.45, 7) is -1.66. The number of benzene rings is 1. The van der Waals surface area contributed by atoms with E-state index in [2.05, 4.69) is 6.07 Å². The highest BCUT2D eigenvalue weighted by molar-refractivity contribution is 5.19. The van der Waals surface area contributed by atoms with Crippen LogP contribution in [0.15, 0.2) is 24.3 Å². The van der Waals surface area contributed by atoms with Gasteiger partial charge in [0.05, 0.1) is 0 Å². The standard InChI is InChI=1S/C8H6F3/c9-6-8(10,11)7-4-2-1-3-5-7/h2-5H,6H2. The molecular formula is C8H6F3. The van der Waals surface area contributed by atoms with Crippen molar-refractivity contribution in [2.24, 2.45) is 0 Å². The van der Waals surface area contributed by atoms with Crippen molar-refractivity contribution in [3.05, 3.63) is 35.9 Å². The summed E-state index contributed by atoms with van der Waals surface area (Å²) < 4.78 is 36.7. The molecule has 0 saturated carbocycles. The van der Waals surface area contributed by atoms with Gasteiger partial charge in [0.25, 0.3) is 0 Å². The highest BCUT2D eigenvalue weighted by atomic mass is 19.3. The molecule has 0 saturated heterocycles. The van der Waals surface area contributed by atoms with Crippen molar-refractivity contribution in [1.82, 2.24) is 0 Å². The molecule has 0 nitrogen and oxygen atoms in total. The molecule has 0 aliphatic carbocycles. The molecule has 0 atom stereocenters. The molecule has 1 radical (unpaired) electrons. The third-order valence-electron chi connectivity index (χ3n) is 1.31. The van der Waals surface area contributed by atoms with Crippen LogP contribution in [0.4, 0.5) is 13.2 Å². The van der Waals surface area contributed by atoms with Crippen LogP contribution >= 0.6 is 0 Å². The third kappa shape index (κ3) is 1.73. The van der Waals surface area contributed by atoms with Crippen LogP contribution < -0.4 is 0 Å². The van der Waals surface area contributed by atoms with E-state index in [0.29, 0.717) is 0 Å². The van der Waals surface area contributed by atoms with Crippen LogP contribution in [-0.2, 0) is 5.92 Å². The highest BCUT2D eigenvalue weighted by Gasteiger charge is 2.30. The molecule has 0 aliphatic rings. The van der Waals surface area contributed by atoms with E-state index in [0.717, 1.165) is 12.1 Å². The second-order valence-corrected chi connectivity index (χ2v) is 2.13. The Kier molecular flexibility index (Phi) is 2.17. The molecule has 1 aromatic rings. The SMILES string of the molecule is FCC(F)(F)c1cc[c]cc1. The first kappa shape index (κ1) is 8.11. The fourth-order valence-electron chi connectivity index (χ4n) is 0.708. The Hall–Kier alpha value is -0.990. The molecule has 0 aromatic heterocycles. The van der Waals surface area contributed by atoms with Gasteiger partial charge in [-0.15, -0.1) is 0 Å². The quantitative estimate of drug-likeness (QED) is 0.622. The topological polar surface area (TPSA) is 0 Å². The molecule has 3 heteroatoms. The summed E-state index contributed by atoms with van der Waals surface area (Å²) in [7, 11) is 0. The number of alkyl halides is 3. The first-order chi connectivity index (χ1) is 5.17. The summed E-state index contributed by atoms with van der Waals surface area (Å²) >= 11 is 0. The van der Waals surface area contributed by atoms with Crippen LogP contribution in [0.5, 0.6) is 0 Å². The van der Waals surface area contributed by atoms with Crippen LogP contribution in [0.2, 0.25) is 0 Å². The van der Waals surface area contributed by atoms with E-state index < -0.39 is 12.6 Å². The van der Waals surface area contributed by atoms with Crippen LogP contribution in [0.1, 0.15) is 5.56 Å². The largest absolute Gasteiger partial charge is 0.301 e. The average molecular weight is 159 g/mol. The summed E-state index contributed by atoms with van der Waals surface area (Å²) in [5.74, 6) is -3.35. The number of rotatable bonds is 2. The number of hydrogen-bond donors (Lipinski definition) is 0. The molecule has 0 N–H and O–H groups in total. The normalized spacial score (nSPS) is 11.5. The van der Waals surface area contributed by atoms with Gasteiger partial charge < -0.3 is 0 Å². The van der Waals surface area contributed by atoms with Gasteiger partial charge in [-0.05, 0) is 6.07 Å². The summed E-state index contributed by atoms with van der Waals surface area (Å²) in [5.41, 5.74) is -0.307. The Morgan fingerprint density at radius 1 is 1.27 bits per heavy atom. The molecule has 0 amide bonds. The lowest BCUT2D eigenvalue weighted by atomic mass is 10.1. The van der Waals surface area contributed by atoms with Gasteiger partial charge in [-0.3, -0.25) is 0 Å². The highest BCUT2D eigenvalue weighted by Crippen LogP contribution is 2.27.